The van der Waals surface area contributed by atoms with Crippen molar-refractivity contribution >= 4 is 17.5 Å². The Kier molecular flexibility index (Phi) is 7.21. The lowest BCUT2D eigenvalue weighted by Crippen LogP contribution is -2.29. The SMILES string of the molecule is Cc1ccc(CN(C)C(=O)Cn2cc(NC(=O)CCOc3ccccc3)cn2)cc1. The van der Waals surface area contributed by atoms with Gasteiger partial charge in [0.1, 0.15) is 12.3 Å². The molecule has 0 aliphatic carbocycles. The van der Waals surface area contributed by atoms with E-state index in [4.69, 9.17) is 4.74 Å². The van der Waals surface area contributed by atoms with E-state index in [1.807, 2.05) is 61.5 Å². The highest BCUT2D eigenvalue weighted by molar-refractivity contribution is 5.90. The molecule has 0 spiro atoms. The van der Waals surface area contributed by atoms with Gasteiger partial charge < -0.3 is 15.0 Å². The van der Waals surface area contributed by atoms with Crippen LogP contribution in [0.25, 0.3) is 0 Å². The number of aryl methyl sites for hydroxylation is 1. The molecular weight excluding hydrogens is 380 g/mol. The topological polar surface area (TPSA) is 76.5 Å². The Morgan fingerprint density at radius 1 is 1.10 bits per heavy atom. The summed E-state index contributed by atoms with van der Waals surface area (Å²) in [6.45, 7) is 2.95. The molecule has 2 amide bonds. The second-order valence-corrected chi connectivity index (χ2v) is 7.12. The molecule has 0 unspecified atom stereocenters. The van der Waals surface area contributed by atoms with Crippen molar-refractivity contribution in [2.75, 3.05) is 19.0 Å². The van der Waals surface area contributed by atoms with Crippen LogP contribution in [0.1, 0.15) is 17.5 Å². The average molecular weight is 406 g/mol. The van der Waals surface area contributed by atoms with Gasteiger partial charge >= 0.3 is 0 Å². The number of benzene rings is 2. The van der Waals surface area contributed by atoms with Crippen molar-refractivity contribution in [2.45, 2.75) is 26.4 Å². The summed E-state index contributed by atoms with van der Waals surface area (Å²) in [6, 6.07) is 17.4. The lowest BCUT2D eigenvalue weighted by molar-refractivity contribution is -0.131. The van der Waals surface area contributed by atoms with Crippen LogP contribution in [0.15, 0.2) is 67.0 Å². The first-order valence-corrected chi connectivity index (χ1v) is 9.79. The summed E-state index contributed by atoms with van der Waals surface area (Å²) in [5, 5.41) is 6.93. The first kappa shape index (κ1) is 21.1. The molecule has 1 aromatic heterocycles. The summed E-state index contributed by atoms with van der Waals surface area (Å²) in [7, 11) is 1.76. The third-order valence-electron chi connectivity index (χ3n) is 4.52. The molecule has 7 nitrogen and oxygen atoms in total. The summed E-state index contributed by atoms with van der Waals surface area (Å²) in [5.41, 5.74) is 2.81. The number of hydrogen-bond donors (Lipinski definition) is 1. The van der Waals surface area contributed by atoms with Crippen LogP contribution in [0.2, 0.25) is 0 Å². The number of para-hydroxylation sites is 1. The Balaban J connectivity index is 1.42. The standard InChI is InChI=1S/C23H26N4O3/c1-18-8-10-19(11-9-18)15-26(2)23(29)17-27-16-20(14-24-27)25-22(28)12-13-30-21-6-4-3-5-7-21/h3-11,14,16H,12-13,15,17H2,1-2H3,(H,25,28). The van der Waals surface area contributed by atoms with Gasteiger partial charge in [0.15, 0.2) is 0 Å². The maximum absolute atomic E-state index is 12.5. The second kappa shape index (κ2) is 10.2. The Morgan fingerprint density at radius 2 is 1.83 bits per heavy atom. The van der Waals surface area contributed by atoms with Gasteiger partial charge in [-0.25, -0.2) is 0 Å². The zero-order valence-electron chi connectivity index (χ0n) is 17.2. The number of likely N-dealkylation sites (N-methyl/N-ethyl adjacent to an activating group) is 1. The molecule has 2 aromatic carbocycles. The molecule has 0 radical (unpaired) electrons. The minimum atomic E-state index is -0.173. The van der Waals surface area contributed by atoms with E-state index in [9.17, 15) is 9.59 Å². The van der Waals surface area contributed by atoms with E-state index in [1.165, 1.54) is 16.4 Å². The largest absolute Gasteiger partial charge is 0.493 e. The van der Waals surface area contributed by atoms with E-state index in [2.05, 4.69) is 10.4 Å². The van der Waals surface area contributed by atoms with Gasteiger partial charge in [0.2, 0.25) is 11.8 Å². The number of rotatable bonds is 9. The third kappa shape index (κ3) is 6.48. The van der Waals surface area contributed by atoms with Gasteiger partial charge in [-0.3, -0.25) is 14.3 Å². The van der Waals surface area contributed by atoms with E-state index in [1.54, 1.807) is 18.1 Å². The fourth-order valence-corrected chi connectivity index (χ4v) is 2.83. The molecule has 3 aromatic rings. The van der Waals surface area contributed by atoms with Crippen LogP contribution < -0.4 is 10.1 Å². The Hall–Kier alpha value is -3.61. The second-order valence-electron chi connectivity index (χ2n) is 7.12. The molecule has 30 heavy (non-hydrogen) atoms. The first-order valence-electron chi connectivity index (χ1n) is 9.79. The molecule has 1 heterocycles. The van der Waals surface area contributed by atoms with E-state index < -0.39 is 0 Å². The molecule has 0 aliphatic rings. The van der Waals surface area contributed by atoms with Crippen molar-refractivity contribution < 1.29 is 14.3 Å². The maximum Gasteiger partial charge on any atom is 0.244 e. The zero-order valence-corrected chi connectivity index (χ0v) is 17.2. The average Bonchev–Trinajstić information content (AvgIpc) is 3.17. The highest BCUT2D eigenvalue weighted by atomic mass is 16.5. The Morgan fingerprint density at radius 3 is 2.57 bits per heavy atom. The number of amides is 2. The van der Waals surface area contributed by atoms with Gasteiger partial charge in [0.05, 0.1) is 24.9 Å². The van der Waals surface area contributed by atoms with Gasteiger partial charge in [0, 0.05) is 19.8 Å². The Labute approximate surface area is 176 Å². The molecule has 0 saturated carbocycles. The molecular formula is C23H26N4O3. The number of ether oxygens (including phenoxy) is 1. The molecule has 0 bridgehead atoms. The lowest BCUT2D eigenvalue weighted by Gasteiger charge is -2.17. The van der Waals surface area contributed by atoms with Crippen LogP contribution in [0, 0.1) is 6.92 Å². The zero-order chi connectivity index (χ0) is 21.3. The van der Waals surface area contributed by atoms with Crippen molar-refractivity contribution in [3.8, 4) is 5.75 Å². The van der Waals surface area contributed by atoms with Crippen LogP contribution in [0.3, 0.4) is 0 Å². The van der Waals surface area contributed by atoms with Crippen molar-refractivity contribution in [1.29, 1.82) is 0 Å². The van der Waals surface area contributed by atoms with Gasteiger partial charge in [-0.15, -0.1) is 0 Å². The van der Waals surface area contributed by atoms with Crippen molar-refractivity contribution in [1.82, 2.24) is 14.7 Å². The molecule has 1 N–H and O–H groups in total. The van der Waals surface area contributed by atoms with E-state index in [0.29, 0.717) is 12.2 Å². The minimum absolute atomic E-state index is 0.0622. The van der Waals surface area contributed by atoms with Crippen molar-refractivity contribution in [3.05, 3.63) is 78.1 Å². The third-order valence-corrected chi connectivity index (χ3v) is 4.52. The minimum Gasteiger partial charge on any atom is -0.493 e. The number of nitrogens with zero attached hydrogens (tertiary/aromatic N) is 3. The summed E-state index contributed by atoms with van der Waals surface area (Å²) in [6.07, 6.45) is 3.40. The fraction of sp³-hybridized carbons (Fsp3) is 0.261. The van der Waals surface area contributed by atoms with Crippen LogP contribution >= 0.6 is 0 Å². The summed E-state index contributed by atoms with van der Waals surface area (Å²) in [5.74, 6) is 0.493. The molecule has 156 valence electrons. The van der Waals surface area contributed by atoms with E-state index >= 15 is 0 Å². The molecule has 0 fully saturated rings. The molecule has 0 aliphatic heterocycles. The maximum atomic E-state index is 12.5. The summed E-state index contributed by atoms with van der Waals surface area (Å²) < 4.78 is 7.04. The monoisotopic (exact) mass is 406 g/mol. The first-order chi connectivity index (χ1) is 14.5. The highest BCUT2D eigenvalue weighted by Gasteiger charge is 2.12. The number of carbonyl (C=O) groups excluding carboxylic acids is 2. The lowest BCUT2D eigenvalue weighted by atomic mass is 10.1. The van der Waals surface area contributed by atoms with E-state index in [0.717, 1.165) is 11.3 Å². The van der Waals surface area contributed by atoms with Gasteiger partial charge in [-0.1, -0.05) is 48.0 Å². The van der Waals surface area contributed by atoms with Crippen molar-refractivity contribution in [3.63, 3.8) is 0 Å². The van der Waals surface area contributed by atoms with Crippen LogP contribution in [0.5, 0.6) is 5.75 Å². The summed E-state index contributed by atoms with van der Waals surface area (Å²) in [4.78, 5) is 26.2. The summed E-state index contributed by atoms with van der Waals surface area (Å²) >= 11 is 0. The smallest absolute Gasteiger partial charge is 0.244 e. The predicted molar refractivity (Wildman–Crippen MR) is 115 cm³/mol. The Bertz CT molecular complexity index is 968. The predicted octanol–water partition coefficient (Wildman–Crippen LogP) is 3.26. The fourth-order valence-electron chi connectivity index (χ4n) is 2.83. The number of carbonyl (C=O) groups is 2. The molecule has 7 heteroatoms. The van der Waals surface area contributed by atoms with Crippen LogP contribution in [0.4, 0.5) is 5.69 Å². The van der Waals surface area contributed by atoms with Crippen LogP contribution in [-0.4, -0.2) is 40.1 Å². The van der Waals surface area contributed by atoms with Gasteiger partial charge in [-0.05, 0) is 24.6 Å². The van der Waals surface area contributed by atoms with Crippen LogP contribution in [-0.2, 0) is 22.7 Å². The van der Waals surface area contributed by atoms with Crippen molar-refractivity contribution in [2.24, 2.45) is 0 Å². The highest BCUT2D eigenvalue weighted by Crippen LogP contribution is 2.10. The van der Waals surface area contributed by atoms with E-state index in [-0.39, 0.29) is 31.4 Å². The number of anilines is 1. The quantitative estimate of drug-likeness (QED) is 0.592. The molecule has 3 rings (SSSR count). The van der Waals surface area contributed by atoms with Gasteiger partial charge in [-0.2, -0.15) is 5.10 Å². The molecule has 0 atom stereocenters. The van der Waals surface area contributed by atoms with Gasteiger partial charge in [0.25, 0.3) is 0 Å². The molecule has 0 saturated heterocycles. The number of hydrogen-bond acceptors (Lipinski definition) is 4. The number of aromatic nitrogens is 2. The normalized spacial score (nSPS) is 10.5. The number of nitrogens with one attached hydrogen (secondary N) is 1.